The first-order valence-corrected chi connectivity index (χ1v) is 9.76. The number of carbonyl (C=O) groups is 2. The minimum absolute atomic E-state index is 0.103. The number of amides is 1. The second-order valence-electron chi connectivity index (χ2n) is 7.27. The van der Waals surface area contributed by atoms with Gasteiger partial charge in [0, 0.05) is 12.1 Å². The van der Waals surface area contributed by atoms with Crippen molar-refractivity contribution in [2.75, 3.05) is 19.8 Å². The summed E-state index contributed by atoms with van der Waals surface area (Å²) in [4.78, 5) is 27.2. The molecule has 150 valence electrons. The summed E-state index contributed by atoms with van der Waals surface area (Å²) in [5.41, 5.74) is 2.34. The maximum Gasteiger partial charge on any atom is 0.295 e. The first-order valence-electron chi connectivity index (χ1n) is 9.76. The summed E-state index contributed by atoms with van der Waals surface area (Å²) in [7, 11) is 0. The molecule has 1 N–H and O–H groups in total. The number of hydrogen-bond acceptors (Lipinski definition) is 5. The summed E-state index contributed by atoms with van der Waals surface area (Å²) >= 11 is 0. The fourth-order valence-electron chi connectivity index (χ4n) is 3.88. The van der Waals surface area contributed by atoms with Crippen molar-refractivity contribution in [1.82, 2.24) is 4.90 Å². The lowest BCUT2D eigenvalue weighted by Gasteiger charge is -2.25. The molecule has 1 atom stereocenters. The molecule has 0 spiro atoms. The van der Waals surface area contributed by atoms with Gasteiger partial charge < -0.3 is 19.5 Å². The van der Waals surface area contributed by atoms with Crippen LogP contribution in [0.5, 0.6) is 11.5 Å². The Morgan fingerprint density at radius 1 is 1.10 bits per heavy atom. The summed E-state index contributed by atoms with van der Waals surface area (Å²) in [5, 5.41) is 11.1. The molecule has 2 aliphatic rings. The first-order chi connectivity index (χ1) is 14.0. The summed E-state index contributed by atoms with van der Waals surface area (Å²) in [5.74, 6) is -0.357. The largest absolute Gasteiger partial charge is 0.507 e. The molecule has 0 radical (unpaired) electrons. The summed E-state index contributed by atoms with van der Waals surface area (Å²) in [6.45, 7) is 5.22. The lowest BCUT2D eigenvalue weighted by molar-refractivity contribution is -0.139. The second kappa shape index (κ2) is 7.62. The highest BCUT2D eigenvalue weighted by Gasteiger charge is 2.45. The standard InChI is InChI=1S/C23H23NO5/c1-3-9-24-20(15-6-4-5-14(2)12-15)19(22(26)23(24)27)21(25)16-7-8-17-18(13-16)29-11-10-28-17/h4-8,12-13,20,25H,3,9-11H2,1-2H3/b21-19-. The summed E-state index contributed by atoms with van der Waals surface area (Å²) in [6.07, 6.45) is 0.708. The number of likely N-dealkylation sites (tertiary alicyclic amines) is 1. The molecule has 4 rings (SSSR count). The fraction of sp³-hybridized carbons (Fsp3) is 0.304. The zero-order valence-corrected chi connectivity index (χ0v) is 16.5. The van der Waals surface area contributed by atoms with Crippen molar-refractivity contribution in [3.05, 3.63) is 64.7 Å². The molecule has 2 heterocycles. The average Bonchev–Trinajstić information content (AvgIpc) is 2.98. The number of aliphatic hydroxyl groups excluding tert-OH is 1. The maximum atomic E-state index is 12.9. The molecule has 29 heavy (non-hydrogen) atoms. The molecule has 6 heteroatoms. The van der Waals surface area contributed by atoms with E-state index in [4.69, 9.17) is 9.47 Å². The summed E-state index contributed by atoms with van der Waals surface area (Å²) < 4.78 is 11.1. The van der Waals surface area contributed by atoms with Gasteiger partial charge in [-0.25, -0.2) is 0 Å². The third-order valence-electron chi connectivity index (χ3n) is 5.18. The zero-order chi connectivity index (χ0) is 20.5. The van der Waals surface area contributed by atoms with E-state index in [1.54, 1.807) is 23.1 Å². The van der Waals surface area contributed by atoms with Crippen molar-refractivity contribution in [3.63, 3.8) is 0 Å². The minimum atomic E-state index is -0.669. The number of ether oxygens (including phenoxy) is 2. The van der Waals surface area contributed by atoms with Crippen LogP contribution in [0.25, 0.3) is 5.76 Å². The molecule has 0 aromatic heterocycles. The Morgan fingerprint density at radius 2 is 1.86 bits per heavy atom. The van der Waals surface area contributed by atoms with E-state index in [2.05, 4.69) is 0 Å². The number of benzene rings is 2. The van der Waals surface area contributed by atoms with Crippen LogP contribution >= 0.6 is 0 Å². The molecule has 0 bridgehead atoms. The van der Waals surface area contributed by atoms with Gasteiger partial charge in [0.2, 0.25) is 0 Å². The van der Waals surface area contributed by atoms with Gasteiger partial charge in [-0.3, -0.25) is 9.59 Å². The van der Waals surface area contributed by atoms with E-state index < -0.39 is 17.7 Å². The topological polar surface area (TPSA) is 76.1 Å². The van der Waals surface area contributed by atoms with Crippen molar-refractivity contribution < 1.29 is 24.2 Å². The average molecular weight is 393 g/mol. The van der Waals surface area contributed by atoms with Gasteiger partial charge in [0.1, 0.15) is 19.0 Å². The van der Waals surface area contributed by atoms with Crippen molar-refractivity contribution in [1.29, 1.82) is 0 Å². The van der Waals surface area contributed by atoms with Gasteiger partial charge in [-0.05, 0) is 37.1 Å². The Labute approximate surface area is 169 Å². The smallest absolute Gasteiger partial charge is 0.295 e. The molecule has 2 aromatic carbocycles. The number of aryl methyl sites for hydroxylation is 1. The Kier molecular flexibility index (Phi) is 5.01. The number of fused-ring (bicyclic) bond motifs is 1. The number of hydrogen-bond donors (Lipinski definition) is 1. The van der Waals surface area contributed by atoms with Crippen LogP contribution in [0.1, 0.15) is 36.1 Å². The first kappa shape index (κ1) is 19.1. The monoisotopic (exact) mass is 393 g/mol. The molecule has 2 aromatic rings. The van der Waals surface area contributed by atoms with E-state index in [0.717, 1.165) is 11.1 Å². The molecule has 2 aliphatic heterocycles. The van der Waals surface area contributed by atoms with Crippen LogP contribution in [0.4, 0.5) is 0 Å². The molecule has 1 amide bonds. The van der Waals surface area contributed by atoms with Gasteiger partial charge in [0.05, 0.1) is 11.6 Å². The lowest BCUT2D eigenvalue weighted by atomic mass is 9.94. The van der Waals surface area contributed by atoms with Gasteiger partial charge in [-0.1, -0.05) is 36.8 Å². The number of rotatable bonds is 4. The van der Waals surface area contributed by atoms with E-state index in [9.17, 15) is 14.7 Å². The Balaban J connectivity index is 1.86. The molecular weight excluding hydrogens is 370 g/mol. The highest BCUT2D eigenvalue weighted by molar-refractivity contribution is 6.46. The van der Waals surface area contributed by atoms with E-state index in [1.165, 1.54) is 0 Å². The van der Waals surface area contributed by atoms with Crippen molar-refractivity contribution in [2.45, 2.75) is 26.3 Å². The van der Waals surface area contributed by atoms with Gasteiger partial charge in [-0.2, -0.15) is 0 Å². The van der Waals surface area contributed by atoms with E-state index in [0.29, 0.717) is 43.2 Å². The van der Waals surface area contributed by atoms with Gasteiger partial charge in [0.15, 0.2) is 11.5 Å². The van der Waals surface area contributed by atoms with Crippen LogP contribution in [0.3, 0.4) is 0 Å². The molecular formula is C23H23NO5. The third-order valence-corrected chi connectivity index (χ3v) is 5.18. The van der Waals surface area contributed by atoms with Crippen LogP contribution in [0.2, 0.25) is 0 Å². The SMILES string of the molecule is CCCN1C(=O)C(=O)/C(=C(\O)c2ccc3c(c2)OCCO3)C1c1cccc(C)c1. The molecule has 6 nitrogen and oxygen atoms in total. The minimum Gasteiger partial charge on any atom is -0.507 e. The molecule has 0 aliphatic carbocycles. The predicted molar refractivity (Wildman–Crippen MR) is 108 cm³/mol. The highest BCUT2D eigenvalue weighted by Crippen LogP contribution is 2.41. The van der Waals surface area contributed by atoms with Crippen LogP contribution in [0.15, 0.2) is 48.0 Å². The number of aliphatic hydroxyl groups is 1. The Bertz CT molecular complexity index is 1010. The summed E-state index contributed by atoms with van der Waals surface area (Å²) in [6, 6.07) is 12.1. The highest BCUT2D eigenvalue weighted by atomic mass is 16.6. The fourth-order valence-corrected chi connectivity index (χ4v) is 3.88. The molecule has 0 saturated carbocycles. The molecule has 1 unspecified atom stereocenters. The quantitative estimate of drug-likeness (QED) is 0.488. The van der Waals surface area contributed by atoms with Gasteiger partial charge in [0.25, 0.3) is 11.7 Å². The number of Topliss-reactive ketones (excluding diaryl/α,β-unsaturated/α-hetero) is 1. The van der Waals surface area contributed by atoms with Gasteiger partial charge >= 0.3 is 0 Å². The van der Waals surface area contributed by atoms with Crippen molar-refractivity contribution >= 4 is 17.4 Å². The maximum absolute atomic E-state index is 12.9. The number of ketones is 1. The van der Waals surface area contributed by atoms with Gasteiger partial charge in [-0.15, -0.1) is 0 Å². The Morgan fingerprint density at radius 3 is 2.59 bits per heavy atom. The van der Waals surface area contributed by atoms with E-state index in [-0.39, 0.29) is 11.3 Å². The van der Waals surface area contributed by atoms with Crippen LogP contribution in [-0.4, -0.2) is 41.5 Å². The lowest BCUT2D eigenvalue weighted by Crippen LogP contribution is -2.30. The predicted octanol–water partition coefficient (Wildman–Crippen LogP) is 3.60. The van der Waals surface area contributed by atoms with Crippen LogP contribution < -0.4 is 9.47 Å². The normalized spacial score (nSPS) is 20.2. The third kappa shape index (κ3) is 3.35. The van der Waals surface area contributed by atoms with E-state index >= 15 is 0 Å². The number of nitrogens with zero attached hydrogens (tertiary/aromatic N) is 1. The van der Waals surface area contributed by atoms with Crippen molar-refractivity contribution in [3.8, 4) is 11.5 Å². The Hall–Kier alpha value is -3.28. The molecule has 1 saturated heterocycles. The molecule has 1 fully saturated rings. The number of carbonyl (C=O) groups excluding carboxylic acids is 2. The van der Waals surface area contributed by atoms with Crippen LogP contribution in [0, 0.1) is 6.92 Å². The second-order valence-corrected chi connectivity index (χ2v) is 7.27. The zero-order valence-electron chi connectivity index (χ0n) is 16.5. The van der Waals surface area contributed by atoms with E-state index in [1.807, 2.05) is 38.1 Å². The van der Waals surface area contributed by atoms with Crippen LogP contribution in [-0.2, 0) is 9.59 Å². The van der Waals surface area contributed by atoms with Crippen molar-refractivity contribution in [2.24, 2.45) is 0 Å².